The van der Waals surface area contributed by atoms with Crippen LogP contribution in [-0.2, 0) is 0 Å². The molecule has 0 heterocycles. The van der Waals surface area contributed by atoms with E-state index < -0.39 is 0 Å². The molecule has 1 aliphatic carbocycles. The van der Waals surface area contributed by atoms with Crippen LogP contribution in [0.4, 0.5) is 0 Å². The van der Waals surface area contributed by atoms with E-state index in [4.69, 9.17) is 9.47 Å². The molecule has 0 bridgehead atoms. The van der Waals surface area contributed by atoms with Crippen LogP contribution in [0, 0.1) is 0 Å². The number of hydrogen-bond acceptors (Lipinski definition) is 2. The van der Waals surface area contributed by atoms with Gasteiger partial charge in [-0.1, -0.05) is 24.3 Å². The summed E-state index contributed by atoms with van der Waals surface area (Å²) in [6, 6.07) is 12.2. The molecular weight excluding hydrogens is 200 g/mol. The Morgan fingerprint density at radius 3 is 1.50 bits per heavy atom. The predicted octanol–water partition coefficient (Wildman–Crippen LogP) is 3.35. The Kier molecular flexibility index (Phi) is 1.90. The number of benzene rings is 2. The van der Waals surface area contributed by atoms with E-state index in [0.717, 1.165) is 22.6 Å². The molecule has 0 fully saturated rings. The van der Waals surface area contributed by atoms with Gasteiger partial charge in [-0.15, -0.1) is 0 Å². The molecule has 80 valence electrons. The second-order valence-corrected chi connectivity index (χ2v) is 3.77. The zero-order chi connectivity index (χ0) is 11.1. The van der Waals surface area contributed by atoms with Gasteiger partial charge in [-0.25, -0.2) is 0 Å². The molecule has 3 rings (SSSR count). The van der Waals surface area contributed by atoms with E-state index in [9.17, 15) is 0 Å². The van der Waals surface area contributed by atoms with Gasteiger partial charge in [0.1, 0.15) is 11.5 Å². The highest BCUT2D eigenvalue weighted by molar-refractivity contribution is 6.07. The summed E-state index contributed by atoms with van der Waals surface area (Å²) in [5, 5.41) is 0. The first-order valence-electron chi connectivity index (χ1n) is 5.21. The monoisotopic (exact) mass is 212 g/mol. The van der Waals surface area contributed by atoms with Gasteiger partial charge in [0.15, 0.2) is 0 Å². The minimum absolute atomic E-state index is 0.912. The molecule has 0 saturated carbocycles. The first kappa shape index (κ1) is 9.28. The number of methoxy groups -OCH3 is 2. The van der Waals surface area contributed by atoms with E-state index in [1.165, 1.54) is 11.1 Å². The molecule has 0 atom stereocenters. The number of fused-ring (bicyclic) bond motifs is 4. The molecule has 16 heavy (non-hydrogen) atoms. The predicted molar refractivity (Wildman–Crippen MR) is 64.0 cm³/mol. The van der Waals surface area contributed by atoms with Crippen LogP contribution in [0.15, 0.2) is 36.4 Å². The molecule has 2 aromatic carbocycles. The molecule has 2 heteroatoms. The van der Waals surface area contributed by atoms with Gasteiger partial charge in [-0.2, -0.15) is 0 Å². The van der Waals surface area contributed by atoms with Crippen molar-refractivity contribution in [1.82, 2.24) is 0 Å². The molecule has 0 N–H and O–H groups in total. The van der Waals surface area contributed by atoms with Crippen molar-refractivity contribution in [3.8, 4) is 33.8 Å². The molecule has 0 aliphatic heterocycles. The van der Waals surface area contributed by atoms with E-state index in [2.05, 4.69) is 12.1 Å². The van der Waals surface area contributed by atoms with Crippen LogP contribution in [0.3, 0.4) is 0 Å². The van der Waals surface area contributed by atoms with E-state index >= 15 is 0 Å². The summed E-state index contributed by atoms with van der Waals surface area (Å²) in [4.78, 5) is 0. The summed E-state index contributed by atoms with van der Waals surface area (Å²) in [5.41, 5.74) is 4.82. The van der Waals surface area contributed by atoms with E-state index in [-0.39, 0.29) is 0 Å². The van der Waals surface area contributed by atoms with Crippen molar-refractivity contribution in [1.29, 1.82) is 0 Å². The highest BCUT2D eigenvalue weighted by Gasteiger charge is 2.28. The van der Waals surface area contributed by atoms with Crippen molar-refractivity contribution >= 4 is 0 Å². The van der Waals surface area contributed by atoms with Crippen molar-refractivity contribution in [3.63, 3.8) is 0 Å². The normalized spacial score (nSPS) is 11.1. The molecule has 0 saturated heterocycles. The van der Waals surface area contributed by atoms with Crippen LogP contribution in [0.5, 0.6) is 11.5 Å². The van der Waals surface area contributed by atoms with Gasteiger partial charge in [-0.3, -0.25) is 0 Å². The first-order valence-corrected chi connectivity index (χ1v) is 5.21. The van der Waals surface area contributed by atoms with Crippen LogP contribution in [-0.4, -0.2) is 14.2 Å². The quantitative estimate of drug-likeness (QED) is 0.648. The SMILES string of the molecule is COc1cccc2c1-c1c(OC)cccc1-2. The van der Waals surface area contributed by atoms with Crippen LogP contribution < -0.4 is 9.47 Å². The zero-order valence-electron chi connectivity index (χ0n) is 9.28. The minimum Gasteiger partial charge on any atom is -0.496 e. The lowest BCUT2D eigenvalue weighted by atomic mass is 9.79. The topological polar surface area (TPSA) is 18.5 Å². The van der Waals surface area contributed by atoms with E-state index in [1.54, 1.807) is 14.2 Å². The van der Waals surface area contributed by atoms with Gasteiger partial charge in [0.2, 0.25) is 0 Å². The Labute approximate surface area is 94.4 Å². The Balaban J connectivity index is 2.27. The average molecular weight is 212 g/mol. The molecule has 1 aliphatic rings. The van der Waals surface area contributed by atoms with Crippen molar-refractivity contribution in [2.45, 2.75) is 0 Å². The summed E-state index contributed by atoms with van der Waals surface area (Å²) < 4.78 is 10.8. The molecule has 0 unspecified atom stereocenters. The number of ether oxygens (including phenoxy) is 2. The van der Waals surface area contributed by atoms with Crippen LogP contribution in [0.25, 0.3) is 22.3 Å². The van der Waals surface area contributed by atoms with Gasteiger partial charge >= 0.3 is 0 Å². The average Bonchev–Trinajstić information content (AvgIpc) is 2.34. The van der Waals surface area contributed by atoms with E-state index in [1.807, 2.05) is 24.3 Å². The van der Waals surface area contributed by atoms with Crippen LogP contribution >= 0.6 is 0 Å². The fourth-order valence-electron chi connectivity index (χ4n) is 2.30. The number of rotatable bonds is 2. The molecule has 2 nitrogen and oxygen atoms in total. The Morgan fingerprint density at radius 2 is 1.12 bits per heavy atom. The minimum atomic E-state index is 0.912. The van der Waals surface area contributed by atoms with Gasteiger partial charge in [0.25, 0.3) is 0 Å². The highest BCUT2D eigenvalue weighted by atomic mass is 16.5. The van der Waals surface area contributed by atoms with Gasteiger partial charge in [-0.05, 0) is 23.3 Å². The molecule has 0 radical (unpaired) electrons. The largest absolute Gasteiger partial charge is 0.496 e. The second kappa shape index (κ2) is 3.27. The van der Waals surface area contributed by atoms with Gasteiger partial charge in [0.05, 0.1) is 14.2 Å². The summed E-state index contributed by atoms with van der Waals surface area (Å²) in [6.07, 6.45) is 0. The van der Waals surface area contributed by atoms with Crippen LogP contribution in [0.1, 0.15) is 0 Å². The third-order valence-corrected chi connectivity index (χ3v) is 3.03. The first-order chi connectivity index (χ1) is 7.86. The lowest BCUT2D eigenvalue weighted by Crippen LogP contribution is -2.03. The Bertz CT molecular complexity index is 507. The lowest BCUT2D eigenvalue weighted by molar-refractivity contribution is 0.409. The fraction of sp³-hybridized carbons (Fsp3) is 0.143. The van der Waals surface area contributed by atoms with Crippen molar-refractivity contribution in [2.24, 2.45) is 0 Å². The third-order valence-electron chi connectivity index (χ3n) is 3.03. The summed E-state index contributed by atoms with van der Waals surface area (Å²) in [6.45, 7) is 0. The molecular formula is C14H12O2. The Hall–Kier alpha value is -1.96. The highest BCUT2D eigenvalue weighted by Crippen LogP contribution is 2.55. The van der Waals surface area contributed by atoms with Crippen molar-refractivity contribution in [3.05, 3.63) is 36.4 Å². The van der Waals surface area contributed by atoms with E-state index in [0.29, 0.717) is 0 Å². The fourth-order valence-corrected chi connectivity index (χ4v) is 2.30. The van der Waals surface area contributed by atoms with Crippen LogP contribution in [0.2, 0.25) is 0 Å². The summed E-state index contributed by atoms with van der Waals surface area (Å²) >= 11 is 0. The van der Waals surface area contributed by atoms with Crippen molar-refractivity contribution < 1.29 is 9.47 Å². The maximum absolute atomic E-state index is 5.38. The molecule has 2 aromatic rings. The van der Waals surface area contributed by atoms with Crippen molar-refractivity contribution in [2.75, 3.05) is 14.2 Å². The summed E-state index contributed by atoms with van der Waals surface area (Å²) in [7, 11) is 3.39. The Morgan fingerprint density at radius 1 is 0.688 bits per heavy atom. The maximum Gasteiger partial charge on any atom is 0.127 e. The van der Waals surface area contributed by atoms with Gasteiger partial charge < -0.3 is 9.47 Å². The number of hydrogen-bond donors (Lipinski definition) is 0. The molecule has 0 aromatic heterocycles. The molecule has 0 spiro atoms. The standard InChI is InChI=1S/C14H12O2/c1-15-11-7-3-5-9-10-6-4-8-12(16-2)14(10)13(9)11/h3-8H,1-2H3. The maximum atomic E-state index is 5.38. The van der Waals surface area contributed by atoms with Gasteiger partial charge in [0, 0.05) is 11.1 Å². The second-order valence-electron chi connectivity index (χ2n) is 3.77. The lowest BCUT2D eigenvalue weighted by Gasteiger charge is -2.27. The zero-order valence-corrected chi connectivity index (χ0v) is 9.28. The molecule has 0 amide bonds. The third kappa shape index (κ3) is 1.01. The smallest absolute Gasteiger partial charge is 0.127 e. The summed E-state index contributed by atoms with van der Waals surface area (Å²) in [5.74, 6) is 1.82.